The zero-order valence-corrected chi connectivity index (χ0v) is 8.81. The van der Waals surface area contributed by atoms with E-state index in [4.69, 9.17) is 23.2 Å². The third-order valence-electron chi connectivity index (χ3n) is 1.15. The summed E-state index contributed by atoms with van der Waals surface area (Å²) < 4.78 is 0. The van der Waals surface area contributed by atoms with Crippen molar-refractivity contribution in [2.24, 2.45) is 0 Å². The van der Waals surface area contributed by atoms with E-state index >= 15 is 0 Å². The van der Waals surface area contributed by atoms with E-state index in [9.17, 15) is 9.59 Å². The molecule has 0 aromatic heterocycles. The van der Waals surface area contributed by atoms with Crippen LogP contribution in [0.25, 0.3) is 0 Å². The highest BCUT2D eigenvalue weighted by atomic mass is 35.5. The summed E-state index contributed by atoms with van der Waals surface area (Å²) in [4.78, 5) is 21.9. The maximum atomic E-state index is 11.0. The third kappa shape index (κ3) is 6.51. The molecular formula is C8H10Cl2N2O2. The van der Waals surface area contributed by atoms with Gasteiger partial charge in [-0.15, -0.1) is 0 Å². The predicted octanol–water partition coefficient (Wildman–Crippen LogP) is 0.724. The van der Waals surface area contributed by atoms with Gasteiger partial charge in [0.1, 0.15) is 0 Å². The summed E-state index contributed by atoms with van der Waals surface area (Å²) in [7, 11) is 0. The summed E-state index contributed by atoms with van der Waals surface area (Å²) in [6.45, 7) is 0.447. The fourth-order valence-corrected chi connectivity index (χ4v) is 0.731. The van der Waals surface area contributed by atoms with E-state index in [1.54, 1.807) is 0 Å². The average molecular weight is 237 g/mol. The van der Waals surface area contributed by atoms with E-state index in [2.05, 4.69) is 10.6 Å². The molecule has 0 aromatic rings. The highest BCUT2D eigenvalue weighted by molar-refractivity contribution is 6.35. The quantitative estimate of drug-likeness (QED) is 0.708. The molecule has 0 unspecified atom stereocenters. The molecule has 0 bridgehead atoms. The van der Waals surface area contributed by atoms with Crippen molar-refractivity contribution in [1.82, 2.24) is 10.6 Å². The van der Waals surface area contributed by atoms with Gasteiger partial charge in [-0.1, -0.05) is 35.4 Å². The predicted molar refractivity (Wildman–Crippen MR) is 56.0 cm³/mol. The third-order valence-corrected chi connectivity index (χ3v) is 1.50. The van der Waals surface area contributed by atoms with Crippen molar-refractivity contribution in [3.05, 3.63) is 23.2 Å². The molecule has 6 heteroatoms. The van der Waals surface area contributed by atoms with Gasteiger partial charge in [0, 0.05) is 24.2 Å². The van der Waals surface area contributed by atoms with Crippen molar-refractivity contribution in [1.29, 1.82) is 0 Å². The Morgan fingerprint density at radius 1 is 0.929 bits per heavy atom. The zero-order valence-electron chi connectivity index (χ0n) is 7.30. The Labute approximate surface area is 91.9 Å². The van der Waals surface area contributed by atoms with E-state index in [1.807, 2.05) is 0 Å². The van der Waals surface area contributed by atoms with E-state index < -0.39 is 11.8 Å². The minimum absolute atomic E-state index is 0.223. The summed E-state index contributed by atoms with van der Waals surface area (Å²) in [5.41, 5.74) is 2.52. The molecule has 0 atom stereocenters. The second-order valence-corrected chi connectivity index (χ2v) is 2.65. The van der Waals surface area contributed by atoms with Gasteiger partial charge >= 0.3 is 11.8 Å². The largest absolute Gasteiger partial charge is 0.344 e. The maximum Gasteiger partial charge on any atom is 0.309 e. The molecule has 0 radical (unpaired) electrons. The minimum Gasteiger partial charge on any atom is -0.344 e. The van der Waals surface area contributed by atoms with Crippen LogP contribution in [0.2, 0.25) is 0 Å². The number of rotatable bonds is 4. The summed E-state index contributed by atoms with van der Waals surface area (Å²) in [6.07, 6.45) is 3.01. The standard InChI is InChI=1S/C8H10Cl2N2O2/c9-3-1-5-11-7(13)8(14)12-6-2-4-10/h1-4H,5-6H2,(H,11,13)(H,12,14). The Bertz CT molecular complexity index is 226. The molecule has 14 heavy (non-hydrogen) atoms. The molecule has 0 aromatic carbocycles. The van der Waals surface area contributed by atoms with Gasteiger partial charge in [0.25, 0.3) is 0 Å². The second kappa shape index (κ2) is 8.59. The van der Waals surface area contributed by atoms with Crippen LogP contribution in [0.3, 0.4) is 0 Å². The lowest BCUT2D eigenvalue weighted by Crippen LogP contribution is -2.39. The van der Waals surface area contributed by atoms with Crippen LogP contribution in [-0.2, 0) is 9.59 Å². The van der Waals surface area contributed by atoms with Gasteiger partial charge in [0.15, 0.2) is 0 Å². The minimum atomic E-state index is -0.706. The first-order valence-electron chi connectivity index (χ1n) is 3.78. The molecule has 0 spiro atoms. The zero-order chi connectivity index (χ0) is 10.8. The number of hydrogen-bond acceptors (Lipinski definition) is 2. The Morgan fingerprint density at radius 2 is 1.29 bits per heavy atom. The van der Waals surface area contributed by atoms with Crippen LogP contribution < -0.4 is 10.6 Å². The van der Waals surface area contributed by atoms with Crippen LogP contribution in [0.1, 0.15) is 0 Å². The molecule has 0 aliphatic carbocycles. The van der Waals surface area contributed by atoms with E-state index in [1.165, 1.54) is 23.2 Å². The van der Waals surface area contributed by atoms with Gasteiger partial charge in [-0.2, -0.15) is 0 Å². The van der Waals surface area contributed by atoms with Crippen molar-refractivity contribution in [2.45, 2.75) is 0 Å². The molecule has 4 nitrogen and oxygen atoms in total. The highest BCUT2D eigenvalue weighted by Crippen LogP contribution is 1.78. The van der Waals surface area contributed by atoms with Gasteiger partial charge < -0.3 is 10.6 Å². The smallest absolute Gasteiger partial charge is 0.309 e. The van der Waals surface area contributed by atoms with Crippen LogP contribution >= 0.6 is 23.2 Å². The molecule has 0 aliphatic heterocycles. The number of carbonyl (C=O) groups excluding carboxylic acids is 2. The van der Waals surface area contributed by atoms with Gasteiger partial charge in [0.05, 0.1) is 0 Å². The first-order chi connectivity index (χ1) is 6.72. The lowest BCUT2D eigenvalue weighted by atomic mass is 10.5. The average Bonchev–Trinajstić information content (AvgIpc) is 2.18. The molecule has 2 N–H and O–H groups in total. The van der Waals surface area contributed by atoms with Crippen LogP contribution in [-0.4, -0.2) is 24.9 Å². The van der Waals surface area contributed by atoms with Gasteiger partial charge in [0.2, 0.25) is 0 Å². The van der Waals surface area contributed by atoms with E-state index in [0.717, 1.165) is 0 Å². The van der Waals surface area contributed by atoms with Crippen molar-refractivity contribution in [2.75, 3.05) is 13.1 Å². The molecule has 0 heterocycles. The lowest BCUT2D eigenvalue weighted by molar-refractivity contribution is -0.138. The first-order valence-corrected chi connectivity index (χ1v) is 4.66. The first kappa shape index (κ1) is 13.0. The molecule has 0 saturated heterocycles. The van der Waals surface area contributed by atoms with Gasteiger partial charge in [-0.3, -0.25) is 9.59 Å². The van der Waals surface area contributed by atoms with E-state index in [-0.39, 0.29) is 13.1 Å². The Morgan fingerprint density at radius 3 is 1.57 bits per heavy atom. The van der Waals surface area contributed by atoms with Crippen LogP contribution in [0, 0.1) is 0 Å². The summed E-state index contributed by atoms with van der Waals surface area (Å²) >= 11 is 10.4. The topological polar surface area (TPSA) is 58.2 Å². The van der Waals surface area contributed by atoms with Crippen molar-refractivity contribution in [3.63, 3.8) is 0 Å². The number of halogens is 2. The fraction of sp³-hybridized carbons (Fsp3) is 0.250. The SMILES string of the molecule is O=C(NCC=CCl)C(=O)NCC=CCl. The lowest BCUT2D eigenvalue weighted by Gasteiger charge is -2.01. The molecule has 0 aliphatic rings. The Balaban J connectivity index is 3.71. The number of hydrogen-bond donors (Lipinski definition) is 2. The molecule has 78 valence electrons. The van der Waals surface area contributed by atoms with Gasteiger partial charge in [-0.25, -0.2) is 0 Å². The van der Waals surface area contributed by atoms with Crippen LogP contribution in [0.5, 0.6) is 0 Å². The number of carbonyl (C=O) groups is 2. The summed E-state index contributed by atoms with van der Waals surface area (Å²) in [5, 5.41) is 4.66. The normalized spacial score (nSPS) is 10.7. The highest BCUT2D eigenvalue weighted by Gasteiger charge is 2.09. The second-order valence-electron chi connectivity index (χ2n) is 2.14. The monoisotopic (exact) mass is 236 g/mol. The molecular weight excluding hydrogens is 227 g/mol. The summed E-state index contributed by atoms with van der Waals surface area (Å²) in [6, 6.07) is 0. The molecule has 0 rings (SSSR count). The number of amides is 2. The maximum absolute atomic E-state index is 11.0. The van der Waals surface area contributed by atoms with E-state index in [0.29, 0.717) is 0 Å². The van der Waals surface area contributed by atoms with Crippen molar-refractivity contribution < 1.29 is 9.59 Å². The Hall–Kier alpha value is -1.00. The van der Waals surface area contributed by atoms with Crippen LogP contribution in [0.15, 0.2) is 23.2 Å². The van der Waals surface area contributed by atoms with Crippen LogP contribution in [0.4, 0.5) is 0 Å². The van der Waals surface area contributed by atoms with Crippen molar-refractivity contribution >= 4 is 35.0 Å². The van der Waals surface area contributed by atoms with Gasteiger partial charge in [-0.05, 0) is 0 Å². The fourth-order valence-electron chi connectivity index (χ4n) is 0.553. The Kier molecular flexibility index (Phi) is 7.98. The number of nitrogens with one attached hydrogen (secondary N) is 2. The summed E-state index contributed by atoms with van der Waals surface area (Å²) in [5.74, 6) is -1.41. The molecule has 2 amide bonds. The molecule has 0 saturated carbocycles. The van der Waals surface area contributed by atoms with Crippen molar-refractivity contribution in [3.8, 4) is 0 Å². The molecule has 0 fully saturated rings.